The van der Waals surface area contributed by atoms with Crippen LogP contribution in [-0.2, 0) is 21.2 Å². The second-order valence-corrected chi connectivity index (χ2v) is 9.10. The van der Waals surface area contributed by atoms with Crippen LogP contribution in [0.1, 0.15) is 11.3 Å². The molecule has 0 amide bonds. The maximum Gasteiger partial charge on any atom is 0.240 e. The number of hydrogen-bond donors (Lipinski definition) is 1. The molecule has 3 rings (SSSR count). The summed E-state index contributed by atoms with van der Waals surface area (Å²) in [6, 6.07) is 14.5. The highest BCUT2D eigenvalue weighted by Gasteiger charge is 2.14. The second kappa shape index (κ2) is 9.98. The molecule has 0 radical (unpaired) electrons. The third-order valence-corrected chi connectivity index (χ3v) is 6.63. The van der Waals surface area contributed by atoms with Crippen molar-refractivity contribution in [3.8, 4) is 16.3 Å². The summed E-state index contributed by atoms with van der Waals surface area (Å²) in [5, 5.41) is 2.90. The summed E-state index contributed by atoms with van der Waals surface area (Å²) in [6.07, 6.45) is 0.528. The predicted octanol–water partition coefficient (Wildman–Crippen LogP) is 3.66. The highest BCUT2D eigenvalue weighted by molar-refractivity contribution is 7.89. The first-order valence-electron chi connectivity index (χ1n) is 9.21. The van der Waals surface area contributed by atoms with Crippen molar-refractivity contribution in [2.75, 3.05) is 26.9 Å². The number of nitrogens with zero attached hydrogens (tertiary/aromatic N) is 1. The Labute approximate surface area is 175 Å². The molecule has 0 fully saturated rings. The molecular formula is C21H24N2O4S2. The Kier molecular flexibility index (Phi) is 7.38. The molecule has 1 N–H and O–H groups in total. The Morgan fingerprint density at radius 3 is 2.45 bits per heavy atom. The minimum Gasteiger partial charge on any atom is -0.491 e. The SMILES string of the molecule is COCCOc1ccc(S(=O)(=O)NCCc2csc(-c3ccc(C)cc3)n2)cc1. The number of aryl methyl sites for hydroxylation is 1. The van der Waals surface area contributed by atoms with Crippen LogP contribution in [0.15, 0.2) is 58.8 Å². The van der Waals surface area contributed by atoms with E-state index in [1.54, 1.807) is 30.6 Å². The van der Waals surface area contributed by atoms with Gasteiger partial charge in [-0.1, -0.05) is 29.8 Å². The molecule has 29 heavy (non-hydrogen) atoms. The lowest BCUT2D eigenvalue weighted by molar-refractivity contribution is 0.146. The fourth-order valence-electron chi connectivity index (χ4n) is 2.61. The molecule has 0 aliphatic carbocycles. The Morgan fingerprint density at radius 1 is 1.03 bits per heavy atom. The zero-order valence-electron chi connectivity index (χ0n) is 16.4. The van der Waals surface area contributed by atoms with E-state index in [0.717, 1.165) is 16.3 Å². The zero-order chi connectivity index (χ0) is 20.7. The lowest BCUT2D eigenvalue weighted by Gasteiger charge is -2.08. The monoisotopic (exact) mass is 432 g/mol. The van der Waals surface area contributed by atoms with E-state index in [9.17, 15) is 8.42 Å². The van der Waals surface area contributed by atoms with E-state index in [4.69, 9.17) is 9.47 Å². The number of aromatic nitrogens is 1. The summed E-state index contributed by atoms with van der Waals surface area (Å²) >= 11 is 1.56. The van der Waals surface area contributed by atoms with E-state index in [1.165, 1.54) is 17.7 Å². The molecule has 0 atom stereocenters. The summed E-state index contributed by atoms with van der Waals surface area (Å²) in [5.41, 5.74) is 3.14. The molecule has 1 aromatic heterocycles. The van der Waals surface area contributed by atoms with E-state index in [1.807, 2.05) is 24.4 Å². The average Bonchev–Trinajstić information content (AvgIpc) is 3.18. The molecule has 0 spiro atoms. The van der Waals surface area contributed by atoms with Gasteiger partial charge in [0.15, 0.2) is 0 Å². The molecule has 6 nitrogen and oxygen atoms in total. The van der Waals surface area contributed by atoms with Gasteiger partial charge in [-0.2, -0.15) is 0 Å². The molecule has 3 aromatic rings. The third-order valence-electron chi connectivity index (χ3n) is 4.21. The standard InChI is InChI=1S/C21H24N2O4S2/c1-16-3-5-17(6-4-16)21-23-18(15-28-21)11-12-22-29(24,25)20-9-7-19(8-10-20)27-14-13-26-2/h3-10,15,22H,11-14H2,1-2H3. The van der Waals surface area contributed by atoms with Crippen molar-refractivity contribution in [1.29, 1.82) is 0 Å². The normalized spacial score (nSPS) is 11.5. The van der Waals surface area contributed by atoms with Gasteiger partial charge in [0.25, 0.3) is 0 Å². The van der Waals surface area contributed by atoms with Crippen LogP contribution in [0.3, 0.4) is 0 Å². The van der Waals surface area contributed by atoms with Gasteiger partial charge in [0.2, 0.25) is 10.0 Å². The van der Waals surface area contributed by atoms with Crippen molar-refractivity contribution >= 4 is 21.4 Å². The number of sulfonamides is 1. The molecule has 0 bridgehead atoms. The van der Waals surface area contributed by atoms with Crippen LogP contribution in [0.2, 0.25) is 0 Å². The predicted molar refractivity (Wildman–Crippen MR) is 115 cm³/mol. The molecule has 8 heteroatoms. The molecular weight excluding hydrogens is 408 g/mol. The first kappa shape index (κ1) is 21.4. The molecule has 0 aliphatic heterocycles. The van der Waals surface area contributed by atoms with Crippen molar-refractivity contribution < 1.29 is 17.9 Å². The van der Waals surface area contributed by atoms with Crippen LogP contribution < -0.4 is 9.46 Å². The number of hydrogen-bond acceptors (Lipinski definition) is 6. The number of thiazole rings is 1. The van der Waals surface area contributed by atoms with Crippen molar-refractivity contribution in [2.24, 2.45) is 0 Å². The minimum atomic E-state index is -3.58. The quantitative estimate of drug-likeness (QED) is 0.495. The van der Waals surface area contributed by atoms with Gasteiger partial charge in [-0.05, 0) is 31.2 Å². The average molecular weight is 433 g/mol. The van der Waals surface area contributed by atoms with E-state index >= 15 is 0 Å². The topological polar surface area (TPSA) is 77.5 Å². The maximum absolute atomic E-state index is 12.5. The number of nitrogens with one attached hydrogen (secondary N) is 1. The Balaban J connectivity index is 1.53. The summed E-state index contributed by atoms with van der Waals surface area (Å²) < 4.78 is 37.9. The summed E-state index contributed by atoms with van der Waals surface area (Å²) in [4.78, 5) is 4.81. The van der Waals surface area contributed by atoms with Crippen LogP contribution in [0.5, 0.6) is 5.75 Å². The first-order valence-corrected chi connectivity index (χ1v) is 11.6. The third kappa shape index (κ3) is 6.11. The van der Waals surface area contributed by atoms with Crippen molar-refractivity contribution in [3.63, 3.8) is 0 Å². The van der Waals surface area contributed by atoms with Crippen LogP contribution in [0.4, 0.5) is 0 Å². The number of rotatable bonds is 10. The number of benzene rings is 2. The largest absolute Gasteiger partial charge is 0.491 e. The fraction of sp³-hybridized carbons (Fsp3) is 0.286. The maximum atomic E-state index is 12.5. The molecule has 2 aromatic carbocycles. The molecule has 0 saturated heterocycles. The van der Waals surface area contributed by atoms with Crippen LogP contribution >= 0.6 is 11.3 Å². The van der Waals surface area contributed by atoms with E-state index in [-0.39, 0.29) is 11.4 Å². The first-order chi connectivity index (χ1) is 14.0. The van der Waals surface area contributed by atoms with Gasteiger partial charge < -0.3 is 9.47 Å². The van der Waals surface area contributed by atoms with Crippen LogP contribution in [0.25, 0.3) is 10.6 Å². The lowest BCUT2D eigenvalue weighted by atomic mass is 10.2. The van der Waals surface area contributed by atoms with Gasteiger partial charge >= 0.3 is 0 Å². The zero-order valence-corrected chi connectivity index (χ0v) is 18.1. The van der Waals surface area contributed by atoms with Gasteiger partial charge in [-0.25, -0.2) is 18.1 Å². The van der Waals surface area contributed by atoms with Crippen molar-refractivity contribution in [3.05, 3.63) is 65.2 Å². The molecule has 154 valence electrons. The molecule has 0 unspecified atom stereocenters. The van der Waals surface area contributed by atoms with E-state index in [0.29, 0.717) is 25.4 Å². The number of ether oxygens (including phenoxy) is 2. The Hall–Kier alpha value is -2.26. The fourth-order valence-corrected chi connectivity index (χ4v) is 4.50. The highest BCUT2D eigenvalue weighted by Crippen LogP contribution is 2.24. The molecule has 0 aliphatic rings. The van der Waals surface area contributed by atoms with Gasteiger partial charge in [-0.15, -0.1) is 11.3 Å². The smallest absolute Gasteiger partial charge is 0.240 e. The summed E-state index contributed by atoms with van der Waals surface area (Å²) in [5.74, 6) is 0.604. The van der Waals surface area contributed by atoms with Gasteiger partial charge in [-0.3, -0.25) is 0 Å². The van der Waals surface area contributed by atoms with E-state index < -0.39 is 10.0 Å². The summed E-state index contributed by atoms with van der Waals surface area (Å²) in [7, 11) is -1.98. The van der Waals surface area contributed by atoms with E-state index in [2.05, 4.69) is 21.8 Å². The minimum absolute atomic E-state index is 0.204. The number of methoxy groups -OCH3 is 1. The van der Waals surface area contributed by atoms with Crippen molar-refractivity contribution in [1.82, 2.24) is 9.71 Å². The van der Waals surface area contributed by atoms with Gasteiger partial charge in [0, 0.05) is 31.0 Å². The summed E-state index contributed by atoms with van der Waals surface area (Å²) in [6.45, 7) is 3.22. The van der Waals surface area contributed by atoms with Gasteiger partial charge in [0.1, 0.15) is 17.4 Å². The van der Waals surface area contributed by atoms with Gasteiger partial charge in [0.05, 0.1) is 17.2 Å². The van der Waals surface area contributed by atoms with Crippen LogP contribution in [-0.4, -0.2) is 40.3 Å². The highest BCUT2D eigenvalue weighted by atomic mass is 32.2. The second-order valence-electron chi connectivity index (χ2n) is 6.47. The Bertz CT molecular complexity index is 1010. The molecule has 0 saturated carbocycles. The van der Waals surface area contributed by atoms with Crippen molar-refractivity contribution in [2.45, 2.75) is 18.2 Å². The van der Waals surface area contributed by atoms with Crippen LogP contribution in [0, 0.1) is 6.92 Å². The Morgan fingerprint density at radius 2 is 1.76 bits per heavy atom. The lowest BCUT2D eigenvalue weighted by Crippen LogP contribution is -2.26. The molecule has 1 heterocycles.